The fourth-order valence-corrected chi connectivity index (χ4v) is 2.14. The molecule has 17 heavy (non-hydrogen) atoms. The zero-order valence-corrected chi connectivity index (χ0v) is 10.6. The topological polar surface area (TPSA) is 48.4 Å². The van der Waals surface area contributed by atoms with Crippen molar-refractivity contribution in [3.63, 3.8) is 0 Å². The van der Waals surface area contributed by atoms with Gasteiger partial charge in [0.1, 0.15) is 5.82 Å². The lowest BCUT2D eigenvalue weighted by Gasteiger charge is -2.30. The molecule has 0 aliphatic carbocycles. The van der Waals surface area contributed by atoms with Crippen LogP contribution in [0, 0.1) is 0 Å². The molecule has 0 spiro atoms. The van der Waals surface area contributed by atoms with Crippen molar-refractivity contribution in [2.75, 3.05) is 25.0 Å². The quantitative estimate of drug-likeness (QED) is 0.829. The molecule has 0 bridgehead atoms. The number of hydrogen-bond donors (Lipinski definition) is 2. The van der Waals surface area contributed by atoms with Gasteiger partial charge in [0.2, 0.25) is 0 Å². The van der Waals surface area contributed by atoms with Crippen LogP contribution in [0.4, 0.5) is 5.82 Å². The Balaban J connectivity index is 2.10. The minimum Gasteiger partial charge on any atom is -0.393 e. The standard InChI is InChI=1S/C13H21N3O/c1-10(14-2)11-3-6-15-13(9-11)16-7-4-12(17)5-8-16/h3,6,9-10,12,14,17H,4-5,7-8H2,1-2H3. The Morgan fingerprint density at radius 1 is 1.47 bits per heavy atom. The summed E-state index contributed by atoms with van der Waals surface area (Å²) < 4.78 is 0. The summed E-state index contributed by atoms with van der Waals surface area (Å²) >= 11 is 0. The van der Waals surface area contributed by atoms with Crippen molar-refractivity contribution in [1.82, 2.24) is 10.3 Å². The van der Waals surface area contributed by atoms with Crippen LogP contribution < -0.4 is 10.2 Å². The highest BCUT2D eigenvalue weighted by atomic mass is 16.3. The van der Waals surface area contributed by atoms with Gasteiger partial charge in [-0.15, -0.1) is 0 Å². The summed E-state index contributed by atoms with van der Waals surface area (Å²) in [5, 5.41) is 12.7. The molecule has 94 valence electrons. The van der Waals surface area contributed by atoms with Crippen LogP contribution in [-0.4, -0.2) is 36.3 Å². The van der Waals surface area contributed by atoms with E-state index in [0.717, 1.165) is 31.7 Å². The van der Waals surface area contributed by atoms with Gasteiger partial charge in [-0.05, 0) is 44.5 Å². The van der Waals surface area contributed by atoms with Crippen LogP contribution in [0.5, 0.6) is 0 Å². The molecule has 4 heteroatoms. The highest BCUT2D eigenvalue weighted by Gasteiger charge is 2.18. The van der Waals surface area contributed by atoms with Crippen molar-refractivity contribution in [1.29, 1.82) is 0 Å². The van der Waals surface area contributed by atoms with E-state index in [0.29, 0.717) is 6.04 Å². The van der Waals surface area contributed by atoms with Crippen molar-refractivity contribution in [3.05, 3.63) is 23.9 Å². The second-order valence-corrected chi connectivity index (χ2v) is 4.68. The van der Waals surface area contributed by atoms with Crippen molar-refractivity contribution in [2.24, 2.45) is 0 Å². The molecule has 4 nitrogen and oxygen atoms in total. The number of aromatic nitrogens is 1. The molecule has 0 saturated carbocycles. The maximum atomic E-state index is 9.50. The van der Waals surface area contributed by atoms with Crippen LogP contribution >= 0.6 is 0 Å². The summed E-state index contributed by atoms with van der Waals surface area (Å²) in [7, 11) is 1.96. The lowest BCUT2D eigenvalue weighted by molar-refractivity contribution is 0.145. The first kappa shape index (κ1) is 12.3. The van der Waals surface area contributed by atoms with Gasteiger partial charge in [0.25, 0.3) is 0 Å². The molecule has 1 aromatic rings. The fraction of sp³-hybridized carbons (Fsp3) is 0.615. The largest absolute Gasteiger partial charge is 0.393 e. The minimum absolute atomic E-state index is 0.134. The molecular weight excluding hydrogens is 214 g/mol. The molecule has 1 unspecified atom stereocenters. The maximum absolute atomic E-state index is 9.50. The van der Waals surface area contributed by atoms with Crippen molar-refractivity contribution in [2.45, 2.75) is 31.9 Å². The van der Waals surface area contributed by atoms with Gasteiger partial charge in [-0.1, -0.05) is 0 Å². The number of nitrogens with one attached hydrogen (secondary N) is 1. The smallest absolute Gasteiger partial charge is 0.128 e. The number of hydrogen-bond acceptors (Lipinski definition) is 4. The molecule has 1 fully saturated rings. The van der Waals surface area contributed by atoms with Gasteiger partial charge in [0.05, 0.1) is 6.10 Å². The Kier molecular flexibility index (Phi) is 3.97. The fourth-order valence-electron chi connectivity index (χ4n) is 2.14. The van der Waals surface area contributed by atoms with Crippen LogP contribution in [0.3, 0.4) is 0 Å². The first-order valence-electron chi connectivity index (χ1n) is 6.27. The molecule has 0 radical (unpaired) electrons. The maximum Gasteiger partial charge on any atom is 0.128 e. The van der Waals surface area contributed by atoms with Gasteiger partial charge in [-0.2, -0.15) is 0 Å². The zero-order valence-electron chi connectivity index (χ0n) is 10.6. The zero-order chi connectivity index (χ0) is 12.3. The molecule has 1 aromatic heterocycles. The number of anilines is 1. The molecule has 1 atom stereocenters. The van der Waals surface area contributed by atoms with Crippen LogP contribution in [0.2, 0.25) is 0 Å². The van der Waals surface area contributed by atoms with E-state index in [1.54, 1.807) is 0 Å². The molecule has 1 aliphatic rings. The van der Waals surface area contributed by atoms with Crippen molar-refractivity contribution >= 4 is 5.82 Å². The molecule has 1 aliphatic heterocycles. The summed E-state index contributed by atoms with van der Waals surface area (Å²) in [6, 6.07) is 4.52. The minimum atomic E-state index is -0.134. The third kappa shape index (κ3) is 2.96. The van der Waals surface area contributed by atoms with Gasteiger partial charge in [-0.25, -0.2) is 4.98 Å². The van der Waals surface area contributed by atoms with Crippen LogP contribution in [0.25, 0.3) is 0 Å². The summed E-state index contributed by atoms with van der Waals surface area (Å²) in [5.41, 5.74) is 1.25. The summed E-state index contributed by atoms with van der Waals surface area (Å²) in [5.74, 6) is 1.02. The number of nitrogens with zero attached hydrogens (tertiary/aromatic N) is 2. The highest BCUT2D eigenvalue weighted by molar-refractivity contribution is 5.42. The lowest BCUT2D eigenvalue weighted by Crippen LogP contribution is -2.36. The highest BCUT2D eigenvalue weighted by Crippen LogP contribution is 2.21. The van der Waals surface area contributed by atoms with Crippen LogP contribution in [0.1, 0.15) is 31.4 Å². The number of pyridine rings is 1. The molecule has 2 N–H and O–H groups in total. The van der Waals surface area contributed by atoms with Crippen LogP contribution in [0.15, 0.2) is 18.3 Å². The molecular formula is C13H21N3O. The Bertz CT molecular complexity index is 361. The van der Waals surface area contributed by atoms with E-state index in [-0.39, 0.29) is 6.10 Å². The first-order chi connectivity index (χ1) is 8.20. The Morgan fingerprint density at radius 3 is 2.82 bits per heavy atom. The van der Waals surface area contributed by atoms with E-state index in [2.05, 4.69) is 28.2 Å². The predicted octanol–water partition coefficient (Wildman–Crippen LogP) is 1.32. The number of piperidine rings is 1. The molecule has 0 aromatic carbocycles. The van der Waals surface area contributed by atoms with Crippen LogP contribution in [-0.2, 0) is 0 Å². The molecule has 1 saturated heterocycles. The number of aliphatic hydroxyl groups is 1. The summed E-state index contributed by atoms with van der Waals surface area (Å²) in [4.78, 5) is 6.67. The van der Waals surface area contributed by atoms with Gasteiger partial charge < -0.3 is 15.3 Å². The Hall–Kier alpha value is -1.13. The lowest BCUT2D eigenvalue weighted by atomic mass is 10.1. The number of aliphatic hydroxyl groups excluding tert-OH is 1. The SMILES string of the molecule is CNC(C)c1ccnc(N2CCC(O)CC2)c1. The average molecular weight is 235 g/mol. The Labute approximate surface area is 103 Å². The van der Waals surface area contributed by atoms with Crippen molar-refractivity contribution in [3.8, 4) is 0 Å². The predicted molar refractivity (Wildman–Crippen MR) is 69.2 cm³/mol. The van der Waals surface area contributed by atoms with E-state index >= 15 is 0 Å². The average Bonchev–Trinajstić information content (AvgIpc) is 2.39. The van der Waals surface area contributed by atoms with E-state index in [1.165, 1.54) is 5.56 Å². The summed E-state index contributed by atoms with van der Waals surface area (Å²) in [6.07, 6.45) is 3.41. The normalized spacial score (nSPS) is 19.4. The first-order valence-corrected chi connectivity index (χ1v) is 6.27. The second kappa shape index (κ2) is 5.47. The van der Waals surface area contributed by atoms with E-state index < -0.39 is 0 Å². The van der Waals surface area contributed by atoms with E-state index in [4.69, 9.17) is 0 Å². The van der Waals surface area contributed by atoms with Gasteiger partial charge >= 0.3 is 0 Å². The molecule has 0 amide bonds. The number of rotatable bonds is 3. The third-order valence-electron chi connectivity index (χ3n) is 3.49. The molecule has 2 heterocycles. The Morgan fingerprint density at radius 2 is 2.18 bits per heavy atom. The van der Waals surface area contributed by atoms with E-state index in [9.17, 15) is 5.11 Å². The second-order valence-electron chi connectivity index (χ2n) is 4.68. The van der Waals surface area contributed by atoms with E-state index in [1.807, 2.05) is 19.3 Å². The monoisotopic (exact) mass is 235 g/mol. The van der Waals surface area contributed by atoms with Gasteiger partial charge in [0, 0.05) is 25.3 Å². The summed E-state index contributed by atoms with van der Waals surface area (Å²) in [6.45, 7) is 3.93. The van der Waals surface area contributed by atoms with Gasteiger partial charge in [0.15, 0.2) is 0 Å². The van der Waals surface area contributed by atoms with Crippen molar-refractivity contribution < 1.29 is 5.11 Å². The molecule has 2 rings (SSSR count). The third-order valence-corrected chi connectivity index (χ3v) is 3.49. The van der Waals surface area contributed by atoms with Gasteiger partial charge in [-0.3, -0.25) is 0 Å².